The zero-order valence-electron chi connectivity index (χ0n) is 8.70. The molecule has 0 nitrogen and oxygen atoms in total. The smallest absolute Gasteiger partial charge is 0.0289 e. The van der Waals surface area contributed by atoms with E-state index < -0.39 is 0 Å². The Bertz CT molecular complexity index is 460. The molecule has 0 aromatic heterocycles. The van der Waals surface area contributed by atoms with Crippen molar-refractivity contribution < 1.29 is 0 Å². The van der Waals surface area contributed by atoms with Gasteiger partial charge < -0.3 is 0 Å². The Morgan fingerprint density at radius 2 is 1.80 bits per heavy atom. The minimum atomic E-state index is 0.900. The van der Waals surface area contributed by atoms with Crippen LogP contribution in [0, 0.1) is 6.92 Å². The van der Waals surface area contributed by atoms with E-state index >= 15 is 0 Å². The SMILES string of the molecule is Cc1cccc(-c2ccccc2CBr)c1. The van der Waals surface area contributed by atoms with Crippen LogP contribution in [0.5, 0.6) is 0 Å². The number of benzene rings is 2. The van der Waals surface area contributed by atoms with Crippen LogP contribution in [0.25, 0.3) is 11.1 Å². The second-order valence-electron chi connectivity index (χ2n) is 3.66. The molecule has 2 aromatic carbocycles. The molecular weight excluding hydrogens is 248 g/mol. The molecule has 2 rings (SSSR count). The van der Waals surface area contributed by atoms with Crippen LogP contribution in [0.3, 0.4) is 0 Å². The van der Waals surface area contributed by atoms with E-state index in [-0.39, 0.29) is 0 Å². The van der Waals surface area contributed by atoms with E-state index in [9.17, 15) is 0 Å². The Labute approximate surface area is 99.1 Å². The van der Waals surface area contributed by atoms with E-state index in [1.807, 2.05) is 0 Å². The first-order valence-corrected chi connectivity index (χ1v) is 6.14. The summed E-state index contributed by atoms with van der Waals surface area (Å²) in [5.74, 6) is 0. The molecule has 0 heterocycles. The lowest BCUT2D eigenvalue weighted by atomic mass is 9.99. The summed E-state index contributed by atoms with van der Waals surface area (Å²) in [6.07, 6.45) is 0. The normalized spacial score (nSPS) is 10.3. The van der Waals surface area contributed by atoms with Crippen LogP contribution in [0.1, 0.15) is 11.1 Å². The molecule has 0 saturated carbocycles. The van der Waals surface area contributed by atoms with Crippen molar-refractivity contribution in [1.29, 1.82) is 0 Å². The summed E-state index contributed by atoms with van der Waals surface area (Å²) in [7, 11) is 0. The highest BCUT2D eigenvalue weighted by Crippen LogP contribution is 2.25. The van der Waals surface area contributed by atoms with Crippen molar-refractivity contribution in [3.05, 3.63) is 59.7 Å². The zero-order chi connectivity index (χ0) is 10.7. The molecule has 0 aliphatic rings. The number of alkyl halides is 1. The first-order chi connectivity index (χ1) is 7.31. The van der Waals surface area contributed by atoms with Gasteiger partial charge in [-0.2, -0.15) is 0 Å². The molecule has 0 atom stereocenters. The van der Waals surface area contributed by atoms with E-state index in [0.717, 1.165) is 5.33 Å². The fourth-order valence-corrected chi connectivity index (χ4v) is 2.22. The van der Waals surface area contributed by atoms with E-state index in [1.54, 1.807) is 0 Å². The maximum Gasteiger partial charge on any atom is 0.0289 e. The molecule has 0 N–H and O–H groups in total. The van der Waals surface area contributed by atoms with Crippen molar-refractivity contribution in [2.24, 2.45) is 0 Å². The van der Waals surface area contributed by atoms with Crippen molar-refractivity contribution >= 4 is 15.9 Å². The van der Waals surface area contributed by atoms with Crippen molar-refractivity contribution in [2.45, 2.75) is 12.3 Å². The summed E-state index contributed by atoms with van der Waals surface area (Å²) >= 11 is 3.52. The van der Waals surface area contributed by atoms with E-state index in [2.05, 4.69) is 71.4 Å². The number of aryl methyl sites for hydroxylation is 1. The quantitative estimate of drug-likeness (QED) is 0.695. The molecule has 0 aliphatic heterocycles. The van der Waals surface area contributed by atoms with Crippen LogP contribution >= 0.6 is 15.9 Å². The van der Waals surface area contributed by atoms with Gasteiger partial charge in [-0.05, 0) is 23.6 Å². The molecule has 0 unspecified atom stereocenters. The lowest BCUT2D eigenvalue weighted by Gasteiger charge is -2.07. The molecule has 0 bridgehead atoms. The predicted molar refractivity (Wildman–Crippen MR) is 69.2 cm³/mol. The highest BCUT2D eigenvalue weighted by Gasteiger charge is 2.02. The van der Waals surface area contributed by atoms with Crippen LogP contribution in [-0.4, -0.2) is 0 Å². The van der Waals surface area contributed by atoms with Gasteiger partial charge in [0.25, 0.3) is 0 Å². The third-order valence-corrected chi connectivity index (χ3v) is 3.09. The molecule has 76 valence electrons. The van der Waals surface area contributed by atoms with Gasteiger partial charge in [0.1, 0.15) is 0 Å². The van der Waals surface area contributed by atoms with Crippen molar-refractivity contribution in [3.63, 3.8) is 0 Å². The zero-order valence-corrected chi connectivity index (χ0v) is 10.3. The minimum absolute atomic E-state index is 0.900. The van der Waals surface area contributed by atoms with Gasteiger partial charge in [-0.15, -0.1) is 0 Å². The van der Waals surface area contributed by atoms with Crippen molar-refractivity contribution in [1.82, 2.24) is 0 Å². The molecule has 0 saturated heterocycles. The summed E-state index contributed by atoms with van der Waals surface area (Å²) in [6.45, 7) is 2.13. The predicted octanol–water partition coefficient (Wildman–Crippen LogP) is 4.56. The summed E-state index contributed by atoms with van der Waals surface area (Å²) < 4.78 is 0. The first kappa shape index (κ1) is 10.4. The molecule has 1 heteroatoms. The van der Waals surface area contributed by atoms with Gasteiger partial charge >= 0.3 is 0 Å². The third kappa shape index (κ3) is 2.29. The number of hydrogen-bond acceptors (Lipinski definition) is 0. The number of rotatable bonds is 2. The summed E-state index contributed by atoms with van der Waals surface area (Å²) in [5, 5.41) is 0.900. The average molecular weight is 261 g/mol. The van der Waals surface area contributed by atoms with Crippen LogP contribution in [0.15, 0.2) is 48.5 Å². The highest BCUT2D eigenvalue weighted by atomic mass is 79.9. The standard InChI is InChI=1S/C14H13Br/c1-11-5-4-7-12(9-11)14-8-3-2-6-13(14)10-15/h2-9H,10H2,1H3. The lowest BCUT2D eigenvalue weighted by Crippen LogP contribution is -1.85. The molecule has 0 spiro atoms. The lowest BCUT2D eigenvalue weighted by molar-refractivity contribution is 1.41. The maximum absolute atomic E-state index is 3.52. The Morgan fingerprint density at radius 1 is 1.00 bits per heavy atom. The fourth-order valence-electron chi connectivity index (χ4n) is 1.73. The molecule has 15 heavy (non-hydrogen) atoms. The largest absolute Gasteiger partial charge is 0.0876 e. The van der Waals surface area contributed by atoms with Gasteiger partial charge in [-0.1, -0.05) is 70.0 Å². The summed E-state index contributed by atoms with van der Waals surface area (Å²) in [5.41, 5.74) is 5.25. The van der Waals surface area contributed by atoms with Crippen molar-refractivity contribution in [2.75, 3.05) is 0 Å². The van der Waals surface area contributed by atoms with Crippen LogP contribution < -0.4 is 0 Å². The van der Waals surface area contributed by atoms with Crippen LogP contribution in [0.4, 0.5) is 0 Å². The van der Waals surface area contributed by atoms with Crippen LogP contribution in [-0.2, 0) is 5.33 Å². The topological polar surface area (TPSA) is 0 Å². The van der Waals surface area contributed by atoms with Gasteiger partial charge in [0.2, 0.25) is 0 Å². The Balaban J connectivity index is 2.53. The average Bonchev–Trinajstić information content (AvgIpc) is 2.29. The molecular formula is C14H13Br. The Hall–Kier alpha value is -1.08. The number of halogens is 1. The second-order valence-corrected chi connectivity index (χ2v) is 4.22. The van der Waals surface area contributed by atoms with E-state index in [1.165, 1.54) is 22.3 Å². The van der Waals surface area contributed by atoms with E-state index in [4.69, 9.17) is 0 Å². The first-order valence-electron chi connectivity index (χ1n) is 5.02. The summed E-state index contributed by atoms with van der Waals surface area (Å²) in [6, 6.07) is 17.1. The summed E-state index contributed by atoms with van der Waals surface area (Å²) in [4.78, 5) is 0. The van der Waals surface area contributed by atoms with Gasteiger partial charge in [0.15, 0.2) is 0 Å². The molecule has 2 aromatic rings. The van der Waals surface area contributed by atoms with Gasteiger partial charge in [-0.3, -0.25) is 0 Å². The maximum atomic E-state index is 3.52. The van der Waals surface area contributed by atoms with Gasteiger partial charge in [-0.25, -0.2) is 0 Å². The van der Waals surface area contributed by atoms with E-state index in [0.29, 0.717) is 0 Å². The molecule has 0 fully saturated rings. The third-order valence-electron chi connectivity index (χ3n) is 2.49. The second kappa shape index (κ2) is 4.63. The fraction of sp³-hybridized carbons (Fsp3) is 0.143. The monoisotopic (exact) mass is 260 g/mol. The highest BCUT2D eigenvalue weighted by molar-refractivity contribution is 9.08. The minimum Gasteiger partial charge on any atom is -0.0876 e. The Kier molecular flexibility index (Phi) is 3.22. The van der Waals surface area contributed by atoms with Gasteiger partial charge in [0.05, 0.1) is 0 Å². The molecule has 0 aliphatic carbocycles. The van der Waals surface area contributed by atoms with Crippen LogP contribution in [0.2, 0.25) is 0 Å². The molecule has 0 radical (unpaired) electrons. The van der Waals surface area contributed by atoms with Gasteiger partial charge in [0, 0.05) is 5.33 Å². The number of hydrogen-bond donors (Lipinski definition) is 0. The Morgan fingerprint density at radius 3 is 2.53 bits per heavy atom. The molecule has 0 amide bonds. The van der Waals surface area contributed by atoms with Crippen molar-refractivity contribution in [3.8, 4) is 11.1 Å².